The van der Waals surface area contributed by atoms with Gasteiger partial charge in [-0.2, -0.15) is 0 Å². The number of aliphatic carboxylic acids is 2. The van der Waals surface area contributed by atoms with Gasteiger partial charge >= 0.3 is 18.0 Å². The van der Waals surface area contributed by atoms with E-state index in [0.717, 1.165) is 0 Å². The Morgan fingerprint density at radius 2 is 1.95 bits per heavy atom. The van der Waals surface area contributed by atoms with E-state index in [9.17, 15) is 14.4 Å². The van der Waals surface area contributed by atoms with Crippen LogP contribution in [0.15, 0.2) is 0 Å². The largest absolute Gasteiger partial charge is 0.481 e. The molecule has 120 valence electrons. The second-order valence-corrected chi connectivity index (χ2v) is 5.66. The van der Waals surface area contributed by atoms with E-state index in [1.807, 2.05) is 20.8 Å². The summed E-state index contributed by atoms with van der Waals surface area (Å²) in [5.41, 5.74) is -0.251. The molecule has 3 atom stereocenters. The van der Waals surface area contributed by atoms with Gasteiger partial charge in [-0.25, -0.2) is 9.59 Å². The lowest BCUT2D eigenvalue weighted by Gasteiger charge is -2.51. The van der Waals surface area contributed by atoms with Crippen molar-refractivity contribution in [1.29, 1.82) is 0 Å². The zero-order valence-electron chi connectivity index (χ0n) is 12.4. The Labute approximate surface area is 122 Å². The molecule has 2 amide bonds. The van der Waals surface area contributed by atoms with E-state index in [2.05, 4.69) is 10.6 Å². The van der Waals surface area contributed by atoms with Crippen LogP contribution in [0.25, 0.3) is 0 Å². The van der Waals surface area contributed by atoms with E-state index in [4.69, 9.17) is 14.9 Å². The van der Waals surface area contributed by atoms with Gasteiger partial charge in [0.05, 0.1) is 12.5 Å². The molecular weight excluding hydrogens is 280 g/mol. The fourth-order valence-corrected chi connectivity index (χ4v) is 2.35. The molecule has 1 fully saturated rings. The number of carbonyl (C=O) groups is 3. The van der Waals surface area contributed by atoms with Gasteiger partial charge in [0.2, 0.25) is 0 Å². The van der Waals surface area contributed by atoms with Crippen LogP contribution in [-0.4, -0.2) is 53.0 Å². The van der Waals surface area contributed by atoms with Crippen molar-refractivity contribution in [2.24, 2.45) is 5.41 Å². The fraction of sp³-hybridized carbons (Fsp3) is 0.769. The highest BCUT2D eigenvalue weighted by molar-refractivity contribution is 5.86. The lowest BCUT2D eigenvalue weighted by Crippen LogP contribution is -2.64. The summed E-state index contributed by atoms with van der Waals surface area (Å²) < 4.78 is 5.53. The van der Waals surface area contributed by atoms with Crippen LogP contribution >= 0.6 is 0 Å². The number of hydrogen-bond acceptors (Lipinski definition) is 4. The maximum atomic E-state index is 11.8. The third-order valence-corrected chi connectivity index (χ3v) is 3.83. The molecule has 0 saturated heterocycles. The molecule has 1 aliphatic carbocycles. The molecule has 0 aliphatic heterocycles. The molecule has 2 unspecified atom stereocenters. The number of rotatable bonds is 7. The molecule has 1 rings (SSSR count). The number of hydrogen-bond donors (Lipinski definition) is 4. The molecule has 0 aromatic heterocycles. The Kier molecular flexibility index (Phi) is 5.54. The van der Waals surface area contributed by atoms with Crippen molar-refractivity contribution in [2.75, 3.05) is 6.61 Å². The summed E-state index contributed by atoms with van der Waals surface area (Å²) >= 11 is 0. The molecule has 21 heavy (non-hydrogen) atoms. The van der Waals surface area contributed by atoms with E-state index in [1.54, 1.807) is 0 Å². The summed E-state index contributed by atoms with van der Waals surface area (Å²) in [5.74, 6) is -2.67. The number of carbonyl (C=O) groups excluding carboxylic acids is 1. The van der Waals surface area contributed by atoms with Crippen molar-refractivity contribution in [3.05, 3.63) is 0 Å². The second kappa shape index (κ2) is 6.75. The van der Waals surface area contributed by atoms with Gasteiger partial charge in [-0.3, -0.25) is 4.79 Å². The van der Waals surface area contributed by atoms with E-state index in [-0.39, 0.29) is 17.6 Å². The number of carboxylic acid groups (broad SMARTS) is 2. The maximum absolute atomic E-state index is 11.8. The quantitative estimate of drug-likeness (QED) is 0.540. The first-order valence-corrected chi connectivity index (χ1v) is 6.81. The van der Waals surface area contributed by atoms with E-state index < -0.39 is 30.4 Å². The monoisotopic (exact) mass is 302 g/mol. The number of carboxylic acids is 2. The van der Waals surface area contributed by atoms with Crippen LogP contribution in [0.3, 0.4) is 0 Å². The molecule has 1 aliphatic rings. The number of urea groups is 1. The van der Waals surface area contributed by atoms with Gasteiger partial charge in [0.15, 0.2) is 0 Å². The summed E-state index contributed by atoms with van der Waals surface area (Å²) in [7, 11) is 0. The van der Waals surface area contributed by atoms with Gasteiger partial charge in [-0.05, 0) is 13.3 Å². The Morgan fingerprint density at radius 3 is 2.38 bits per heavy atom. The lowest BCUT2D eigenvalue weighted by atomic mass is 9.64. The Bertz CT molecular complexity index is 423. The Hall–Kier alpha value is -1.83. The molecule has 0 heterocycles. The first kappa shape index (κ1) is 17.2. The molecule has 0 spiro atoms. The van der Waals surface area contributed by atoms with Crippen molar-refractivity contribution in [3.63, 3.8) is 0 Å². The predicted molar refractivity (Wildman–Crippen MR) is 72.9 cm³/mol. The van der Waals surface area contributed by atoms with Crippen LogP contribution in [0.4, 0.5) is 4.79 Å². The van der Waals surface area contributed by atoms with Crippen LogP contribution in [0.1, 0.15) is 33.6 Å². The molecule has 0 aromatic carbocycles. The highest BCUT2D eigenvalue weighted by atomic mass is 16.5. The highest BCUT2D eigenvalue weighted by Gasteiger charge is 2.49. The third kappa shape index (κ3) is 4.32. The van der Waals surface area contributed by atoms with Gasteiger partial charge in [-0.1, -0.05) is 13.8 Å². The molecule has 4 N–H and O–H groups in total. The SMILES string of the molecule is CCOC1CC(NC(=O)N[C@H](CC(=O)O)C(=O)O)C1(C)C. The smallest absolute Gasteiger partial charge is 0.326 e. The molecule has 8 heteroatoms. The summed E-state index contributed by atoms with van der Waals surface area (Å²) in [6, 6.07) is -2.28. The lowest BCUT2D eigenvalue weighted by molar-refractivity contribution is -0.145. The van der Waals surface area contributed by atoms with Gasteiger partial charge in [0, 0.05) is 18.1 Å². The van der Waals surface area contributed by atoms with Crippen molar-refractivity contribution >= 4 is 18.0 Å². The first-order chi connectivity index (χ1) is 9.68. The minimum absolute atomic E-state index is 0.0436. The minimum Gasteiger partial charge on any atom is -0.481 e. The van der Waals surface area contributed by atoms with Crippen LogP contribution in [-0.2, 0) is 14.3 Å². The number of amides is 2. The summed E-state index contributed by atoms with van der Waals surface area (Å²) in [4.78, 5) is 33.2. The number of nitrogens with one attached hydrogen (secondary N) is 2. The van der Waals surface area contributed by atoms with E-state index >= 15 is 0 Å². The van der Waals surface area contributed by atoms with Crippen molar-refractivity contribution in [2.45, 2.75) is 51.8 Å². The van der Waals surface area contributed by atoms with Crippen molar-refractivity contribution < 1.29 is 29.3 Å². The predicted octanol–water partition coefficient (Wildman–Crippen LogP) is 0.417. The summed E-state index contributed by atoms with van der Waals surface area (Å²) in [6.07, 6.45) is 0.0191. The number of ether oxygens (including phenoxy) is 1. The average molecular weight is 302 g/mol. The summed E-state index contributed by atoms with van der Waals surface area (Å²) in [6.45, 7) is 6.39. The molecule has 8 nitrogen and oxygen atoms in total. The molecule has 0 aromatic rings. The standard InChI is InChI=1S/C13H22N2O6/c1-4-21-9-6-8(13(9,2)3)15-12(20)14-7(11(18)19)5-10(16)17/h7-9H,4-6H2,1-3H3,(H,16,17)(H,18,19)(H2,14,15,20)/t7-,8?,9?/m1/s1. The molecule has 0 radical (unpaired) electrons. The van der Waals surface area contributed by atoms with Gasteiger partial charge in [-0.15, -0.1) is 0 Å². The third-order valence-electron chi connectivity index (χ3n) is 3.83. The van der Waals surface area contributed by atoms with Gasteiger partial charge in [0.25, 0.3) is 0 Å². The molecular formula is C13H22N2O6. The normalized spacial score (nSPS) is 24.5. The van der Waals surface area contributed by atoms with Crippen molar-refractivity contribution in [3.8, 4) is 0 Å². The minimum atomic E-state index is -1.45. The summed E-state index contributed by atoms with van der Waals surface area (Å²) in [5, 5.41) is 22.3. The van der Waals surface area contributed by atoms with Gasteiger partial charge < -0.3 is 25.6 Å². The van der Waals surface area contributed by atoms with Crippen LogP contribution in [0.2, 0.25) is 0 Å². The zero-order chi connectivity index (χ0) is 16.2. The average Bonchev–Trinajstić information content (AvgIpc) is 2.36. The van der Waals surface area contributed by atoms with Crippen LogP contribution in [0.5, 0.6) is 0 Å². The Morgan fingerprint density at radius 1 is 1.33 bits per heavy atom. The van der Waals surface area contributed by atoms with Gasteiger partial charge in [0.1, 0.15) is 6.04 Å². The topological polar surface area (TPSA) is 125 Å². The second-order valence-electron chi connectivity index (χ2n) is 5.66. The highest BCUT2D eigenvalue weighted by Crippen LogP contribution is 2.42. The van der Waals surface area contributed by atoms with E-state index in [1.165, 1.54) is 0 Å². The Balaban J connectivity index is 2.50. The van der Waals surface area contributed by atoms with Crippen molar-refractivity contribution in [1.82, 2.24) is 10.6 Å². The zero-order valence-corrected chi connectivity index (χ0v) is 12.4. The van der Waals surface area contributed by atoms with Crippen LogP contribution in [0, 0.1) is 5.41 Å². The first-order valence-electron chi connectivity index (χ1n) is 6.81. The molecule has 1 saturated carbocycles. The molecule has 0 bridgehead atoms. The van der Waals surface area contributed by atoms with E-state index in [0.29, 0.717) is 13.0 Å². The van der Waals surface area contributed by atoms with Crippen LogP contribution < -0.4 is 10.6 Å². The fourth-order valence-electron chi connectivity index (χ4n) is 2.35. The maximum Gasteiger partial charge on any atom is 0.326 e.